The van der Waals surface area contributed by atoms with Crippen molar-refractivity contribution >= 4 is 45.2 Å². The average Bonchev–Trinajstić information content (AvgIpc) is 2.24. The predicted octanol–water partition coefficient (Wildman–Crippen LogP) is 3.97. The smallest absolute Gasteiger partial charge is 0.251 e. The summed E-state index contributed by atoms with van der Waals surface area (Å²) in [6.45, 7) is 4.80. The molecule has 1 aromatic carbocycles. The Morgan fingerprint density at radius 3 is 2.65 bits per heavy atom. The lowest BCUT2D eigenvalue weighted by Gasteiger charge is -2.22. The van der Waals surface area contributed by atoms with Crippen molar-refractivity contribution in [3.63, 3.8) is 0 Å². The number of halogens is 2. The molecule has 17 heavy (non-hydrogen) atoms. The highest BCUT2D eigenvalue weighted by atomic mass is 79.9. The van der Waals surface area contributed by atoms with E-state index in [4.69, 9.17) is 11.6 Å². The van der Waals surface area contributed by atoms with E-state index in [1.165, 1.54) is 0 Å². The van der Waals surface area contributed by atoms with Gasteiger partial charge in [0.05, 0.1) is 0 Å². The van der Waals surface area contributed by atoms with Crippen molar-refractivity contribution in [3.8, 4) is 0 Å². The van der Waals surface area contributed by atoms with Crippen LogP contribution >= 0.6 is 39.3 Å². The van der Waals surface area contributed by atoms with Crippen molar-refractivity contribution < 1.29 is 4.79 Å². The molecule has 0 bridgehead atoms. The molecule has 2 nitrogen and oxygen atoms in total. The lowest BCUT2D eigenvalue weighted by molar-refractivity contribution is 0.0951. The molecule has 1 aromatic rings. The van der Waals surface area contributed by atoms with Crippen molar-refractivity contribution in [3.05, 3.63) is 33.3 Å². The van der Waals surface area contributed by atoms with Gasteiger partial charge in [-0.05, 0) is 38.3 Å². The van der Waals surface area contributed by atoms with Gasteiger partial charge in [-0.15, -0.1) is 0 Å². The van der Waals surface area contributed by atoms with E-state index < -0.39 is 0 Å². The molecule has 0 spiro atoms. The van der Waals surface area contributed by atoms with Crippen LogP contribution in [-0.4, -0.2) is 23.5 Å². The maximum atomic E-state index is 11.9. The summed E-state index contributed by atoms with van der Waals surface area (Å²) in [6, 6.07) is 5.17. The second-order valence-electron chi connectivity index (χ2n) is 4.30. The zero-order chi connectivity index (χ0) is 13.1. The molecule has 0 unspecified atom stereocenters. The fraction of sp³-hybridized carbons (Fsp3) is 0.417. The van der Waals surface area contributed by atoms with Gasteiger partial charge in [0.25, 0.3) is 5.91 Å². The van der Waals surface area contributed by atoms with E-state index in [2.05, 4.69) is 35.1 Å². The molecule has 0 radical (unpaired) electrons. The predicted molar refractivity (Wildman–Crippen MR) is 79.1 cm³/mol. The minimum Gasteiger partial charge on any atom is -0.351 e. The van der Waals surface area contributed by atoms with E-state index in [-0.39, 0.29) is 10.7 Å². The third-order valence-electron chi connectivity index (χ3n) is 2.35. The van der Waals surface area contributed by atoms with Crippen LogP contribution in [0.1, 0.15) is 24.2 Å². The molecule has 1 N–H and O–H groups in total. The van der Waals surface area contributed by atoms with Crippen LogP contribution in [0.25, 0.3) is 0 Å². The highest BCUT2D eigenvalue weighted by Crippen LogP contribution is 2.21. The highest BCUT2D eigenvalue weighted by Gasteiger charge is 2.17. The number of thioether (sulfide) groups is 1. The first-order valence-corrected chi connectivity index (χ1v) is 7.53. The molecule has 1 rings (SSSR count). The van der Waals surface area contributed by atoms with Gasteiger partial charge in [-0.1, -0.05) is 27.5 Å². The van der Waals surface area contributed by atoms with Gasteiger partial charge in [-0.2, -0.15) is 11.8 Å². The van der Waals surface area contributed by atoms with E-state index in [0.29, 0.717) is 17.1 Å². The standard InChI is InChI=1S/C12H15BrClNOS/c1-12(2,17-3)7-15-11(16)8-4-9(13)6-10(14)5-8/h4-6H,7H2,1-3H3,(H,15,16). The Morgan fingerprint density at radius 1 is 1.47 bits per heavy atom. The summed E-state index contributed by atoms with van der Waals surface area (Å²) in [5.41, 5.74) is 0.571. The molecule has 0 atom stereocenters. The van der Waals surface area contributed by atoms with Crippen LogP contribution in [0.3, 0.4) is 0 Å². The molecule has 0 fully saturated rings. The summed E-state index contributed by atoms with van der Waals surface area (Å²) in [7, 11) is 0. The van der Waals surface area contributed by atoms with Crippen molar-refractivity contribution in [2.45, 2.75) is 18.6 Å². The minimum atomic E-state index is -0.102. The highest BCUT2D eigenvalue weighted by molar-refractivity contribution is 9.10. The lowest BCUT2D eigenvalue weighted by atomic mass is 10.2. The van der Waals surface area contributed by atoms with Gasteiger partial charge in [0.2, 0.25) is 0 Å². The zero-order valence-corrected chi connectivity index (χ0v) is 13.2. The molecule has 0 saturated carbocycles. The fourth-order valence-electron chi connectivity index (χ4n) is 1.15. The Labute approximate surface area is 120 Å². The molecule has 0 aromatic heterocycles. The van der Waals surface area contributed by atoms with Crippen LogP contribution < -0.4 is 5.32 Å². The minimum absolute atomic E-state index is 0.0332. The molecule has 0 heterocycles. The SMILES string of the molecule is CSC(C)(C)CNC(=O)c1cc(Cl)cc(Br)c1. The number of carbonyl (C=O) groups is 1. The monoisotopic (exact) mass is 335 g/mol. The maximum Gasteiger partial charge on any atom is 0.251 e. The maximum absolute atomic E-state index is 11.9. The van der Waals surface area contributed by atoms with Gasteiger partial charge in [0.1, 0.15) is 0 Å². The van der Waals surface area contributed by atoms with E-state index in [9.17, 15) is 4.79 Å². The number of carbonyl (C=O) groups excluding carboxylic acids is 1. The van der Waals surface area contributed by atoms with Crippen LogP contribution in [0.5, 0.6) is 0 Å². The number of hydrogen-bond donors (Lipinski definition) is 1. The summed E-state index contributed by atoms with van der Waals surface area (Å²) >= 11 is 10.9. The molecule has 0 aliphatic rings. The van der Waals surface area contributed by atoms with Crippen LogP contribution in [0.15, 0.2) is 22.7 Å². The quantitative estimate of drug-likeness (QED) is 0.901. The third-order valence-corrected chi connectivity index (χ3v) is 4.28. The Balaban J connectivity index is 2.70. The second-order valence-corrected chi connectivity index (χ2v) is 7.17. The molecular weight excluding hydrogens is 322 g/mol. The Hall–Kier alpha value is -0.190. The molecular formula is C12H15BrClNOS. The lowest BCUT2D eigenvalue weighted by Crippen LogP contribution is -2.36. The molecule has 0 saturated heterocycles. The van der Waals surface area contributed by atoms with Crippen LogP contribution in [0.2, 0.25) is 5.02 Å². The number of rotatable bonds is 4. The summed E-state index contributed by atoms with van der Waals surface area (Å²) in [5, 5.41) is 3.46. The first-order chi connectivity index (χ1) is 7.84. The van der Waals surface area contributed by atoms with Crippen molar-refractivity contribution in [2.75, 3.05) is 12.8 Å². The van der Waals surface area contributed by atoms with Crippen molar-refractivity contribution in [2.24, 2.45) is 0 Å². The molecule has 5 heteroatoms. The van der Waals surface area contributed by atoms with E-state index in [0.717, 1.165) is 4.47 Å². The largest absolute Gasteiger partial charge is 0.351 e. The number of benzene rings is 1. The van der Waals surface area contributed by atoms with Crippen molar-refractivity contribution in [1.29, 1.82) is 0 Å². The Morgan fingerprint density at radius 2 is 2.12 bits per heavy atom. The van der Waals surface area contributed by atoms with Gasteiger partial charge in [0, 0.05) is 26.4 Å². The summed E-state index contributed by atoms with van der Waals surface area (Å²) in [4.78, 5) is 11.9. The summed E-state index contributed by atoms with van der Waals surface area (Å²) < 4.78 is 0.838. The first-order valence-electron chi connectivity index (χ1n) is 5.13. The topological polar surface area (TPSA) is 29.1 Å². The molecule has 94 valence electrons. The summed E-state index contributed by atoms with van der Waals surface area (Å²) in [5.74, 6) is -0.102. The van der Waals surface area contributed by atoms with Gasteiger partial charge >= 0.3 is 0 Å². The van der Waals surface area contributed by atoms with E-state index in [1.807, 2.05) is 6.26 Å². The first kappa shape index (κ1) is 14.9. The Kier molecular flexibility index (Phi) is 5.35. The van der Waals surface area contributed by atoms with Crippen molar-refractivity contribution in [1.82, 2.24) is 5.32 Å². The number of amides is 1. The number of nitrogens with one attached hydrogen (secondary N) is 1. The summed E-state index contributed by atoms with van der Waals surface area (Å²) in [6.07, 6.45) is 2.03. The van der Waals surface area contributed by atoms with Gasteiger partial charge in [-0.25, -0.2) is 0 Å². The van der Waals surface area contributed by atoms with E-state index >= 15 is 0 Å². The molecule has 0 aliphatic heterocycles. The fourth-order valence-corrected chi connectivity index (χ4v) is 2.23. The zero-order valence-electron chi connectivity index (χ0n) is 10.0. The third kappa shape index (κ3) is 4.90. The van der Waals surface area contributed by atoms with Crippen LogP contribution in [-0.2, 0) is 0 Å². The van der Waals surface area contributed by atoms with Crippen LogP contribution in [0.4, 0.5) is 0 Å². The van der Waals surface area contributed by atoms with Gasteiger partial charge in [0.15, 0.2) is 0 Å². The Bertz CT molecular complexity index is 403. The number of hydrogen-bond acceptors (Lipinski definition) is 2. The van der Waals surface area contributed by atoms with Gasteiger partial charge in [-0.3, -0.25) is 4.79 Å². The normalized spacial score (nSPS) is 11.4. The van der Waals surface area contributed by atoms with Gasteiger partial charge < -0.3 is 5.32 Å². The molecule has 1 amide bonds. The second kappa shape index (κ2) is 6.12. The van der Waals surface area contributed by atoms with E-state index in [1.54, 1.807) is 30.0 Å². The van der Waals surface area contributed by atoms with Crippen LogP contribution in [0, 0.1) is 0 Å². The average molecular weight is 337 g/mol. The molecule has 0 aliphatic carbocycles.